The Morgan fingerprint density at radius 3 is 2.33 bits per heavy atom. The van der Waals surface area contributed by atoms with Gasteiger partial charge in [0.15, 0.2) is 5.82 Å². The third-order valence-electron chi connectivity index (χ3n) is 6.25. The van der Waals surface area contributed by atoms with Gasteiger partial charge in [-0.3, -0.25) is 9.88 Å². The lowest BCUT2D eigenvalue weighted by Crippen LogP contribution is -2.47. The number of benzene rings is 1. The van der Waals surface area contributed by atoms with Crippen molar-refractivity contribution in [3.63, 3.8) is 0 Å². The molecule has 1 saturated heterocycles. The van der Waals surface area contributed by atoms with Gasteiger partial charge < -0.3 is 9.42 Å². The monoisotopic (exact) mass is 441 g/mol. The van der Waals surface area contributed by atoms with Crippen LogP contribution in [0.3, 0.4) is 0 Å². The van der Waals surface area contributed by atoms with Crippen molar-refractivity contribution >= 4 is 5.82 Å². The molecule has 0 bridgehead atoms. The summed E-state index contributed by atoms with van der Waals surface area (Å²) in [5.74, 6) is 2.93. The molecule has 1 atom stereocenters. The number of nitrogens with zero attached hydrogens (tertiary/aromatic N) is 7. The van der Waals surface area contributed by atoms with Crippen molar-refractivity contribution in [3.05, 3.63) is 71.9 Å². The molecule has 4 aromatic rings. The van der Waals surface area contributed by atoms with Gasteiger partial charge in [0.25, 0.3) is 0 Å². The summed E-state index contributed by atoms with van der Waals surface area (Å²) in [5.41, 5.74) is 3.85. The summed E-state index contributed by atoms with van der Waals surface area (Å²) >= 11 is 0. The minimum absolute atomic E-state index is 0.0504. The molecule has 1 aliphatic heterocycles. The van der Waals surface area contributed by atoms with E-state index >= 15 is 0 Å². The molecule has 0 radical (unpaired) electrons. The van der Waals surface area contributed by atoms with Crippen LogP contribution in [-0.4, -0.2) is 56.2 Å². The van der Waals surface area contributed by atoms with Crippen LogP contribution in [0.5, 0.6) is 0 Å². The molecule has 1 unspecified atom stereocenters. The van der Waals surface area contributed by atoms with E-state index in [2.05, 4.69) is 43.8 Å². The topological polar surface area (TPSA) is 84.1 Å². The number of hydrogen-bond donors (Lipinski definition) is 0. The SMILES string of the molecule is Cc1nc(-c2ccccn2)nc(N2CCN(C(C)c3nc(-c4ccccc4)no3)CC2)c1C. The highest BCUT2D eigenvalue weighted by Gasteiger charge is 2.27. The third-order valence-corrected chi connectivity index (χ3v) is 6.25. The van der Waals surface area contributed by atoms with E-state index in [0.29, 0.717) is 17.5 Å². The van der Waals surface area contributed by atoms with Crippen molar-refractivity contribution in [1.29, 1.82) is 0 Å². The minimum Gasteiger partial charge on any atom is -0.354 e. The maximum absolute atomic E-state index is 5.60. The molecule has 1 aromatic carbocycles. The summed E-state index contributed by atoms with van der Waals surface area (Å²) in [6.07, 6.45) is 1.77. The second kappa shape index (κ2) is 9.07. The Hall–Kier alpha value is -3.65. The smallest absolute Gasteiger partial charge is 0.244 e. The second-order valence-corrected chi connectivity index (χ2v) is 8.32. The molecule has 8 heteroatoms. The summed E-state index contributed by atoms with van der Waals surface area (Å²) in [6.45, 7) is 9.73. The van der Waals surface area contributed by atoms with Gasteiger partial charge in [0.2, 0.25) is 11.7 Å². The van der Waals surface area contributed by atoms with E-state index in [1.807, 2.05) is 55.5 Å². The first kappa shape index (κ1) is 21.2. The van der Waals surface area contributed by atoms with Crippen LogP contribution in [0.15, 0.2) is 59.3 Å². The van der Waals surface area contributed by atoms with Crippen molar-refractivity contribution in [2.75, 3.05) is 31.1 Å². The lowest BCUT2D eigenvalue weighted by Gasteiger charge is -2.38. The van der Waals surface area contributed by atoms with Crippen LogP contribution in [0.1, 0.15) is 30.1 Å². The highest BCUT2D eigenvalue weighted by atomic mass is 16.5. The largest absolute Gasteiger partial charge is 0.354 e. The number of hydrogen-bond acceptors (Lipinski definition) is 8. The van der Waals surface area contributed by atoms with Gasteiger partial charge in [0, 0.05) is 49.2 Å². The van der Waals surface area contributed by atoms with Crippen molar-refractivity contribution in [3.8, 4) is 22.9 Å². The number of rotatable bonds is 5. The molecular formula is C25H27N7O. The zero-order valence-electron chi connectivity index (χ0n) is 19.1. The lowest BCUT2D eigenvalue weighted by atomic mass is 10.1. The third kappa shape index (κ3) is 4.34. The van der Waals surface area contributed by atoms with E-state index in [1.54, 1.807) is 6.20 Å². The molecule has 33 heavy (non-hydrogen) atoms. The molecule has 0 aliphatic carbocycles. The summed E-state index contributed by atoms with van der Waals surface area (Å²) in [6, 6.07) is 15.8. The molecule has 0 N–H and O–H groups in total. The summed E-state index contributed by atoms with van der Waals surface area (Å²) in [4.78, 5) is 23.3. The molecule has 0 spiro atoms. The van der Waals surface area contributed by atoms with Crippen molar-refractivity contribution in [2.24, 2.45) is 0 Å². The number of aryl methyl sites for hydroxylation is 1. The molecule has 1 aliphatic rings. The Balaban J connectivity index is 1.30. The normalized spacial score (nSPS) is 15.5. The fraction of sp³-hybridized carbons (Fsp3) is 0.320. The zero-order valence-corrected chi connectivity index (χ0v) is 19.1. The number of pyridine rings is 1. The standard InChI is InChI=1S/C25H27N7O/c1-17-18(2)27-23(21-11-7-8-12-26-21)28-24(17)32-15-13-31(14-16-32)19(3)25-29-22(30-33-25)20-9-5-4-6-10-20/h4-12,19H,13-16H2,1-3H3. The van der Waals surface area contributed by atoms with E-state index in [9.17, 15) is 0 Å². The molecule has 0 amide bonds. The molecule has 8 nitrogen and oxygen atoms in total. The first-order valence-corrected chi connectivity index (χ1v) is 11.2. The zero-order chi connectivity index (χ0) is 22.8. The van der Waals surface area contributed by atoms with Crippen LogP contribution >= 0.6 is 0 Å². The van der Waals surface area contributed by atoms with Crippen LogP contribution < -0.4 is 4.90 Å². The number of anilines is 1. The van der Waals surface area contributed by atoms with E-state index in [1.165, 1.54) is 0 Å². The average molecular weight is 442 g/mol. The Labute approximate surface area is 193 Å². The van der Waals surface area contributed by atoms with E-state index in [4.69, 9.17) is 9.51 Å². The summed E-state index contributed by atoms with van der Waals surface area (Å²) in [5, 5.41) is 4.18. The van der Waals surface area contributed by atoms with Crippen molar-refractivity contribution < 1.29 is 4.52 Å². The average Bonchev–Trinajstić information content (AvgIpc) is 3.37. The van der Waals surface area contributed by atoms with Crippen LogP contribution in [-0.2, 0) is 0 Å². The maximum Gasteiger partial charge on any atom is 0.244 e. The lowest BCUT2D eigenvalue weighted by molar-refractivity contribution is 0.164. The molecule has 4 heterocycles. The van der Waals surface area contributed by atoms with Crippen molar-refractivity contribution in [2.45, 2.75) is 26.8 Å². The van der Waals surface area contributed by atoms with Gasteiger partial charge >= 0.3 is 0 Å². The van der Waals surface area contributed by atoms with Gasteiger partial charge in [-0.1, -0.05) is 41.6 Å². The highest BCUT2D eigenvalue weighted by molar-refractivity contribution is 5.57. The first-order valence-electron chi connectivity index (χ1n) is 11.2. The van der Waals surface area contributed by atoms with Gasteiger partial charge in [-0.2, -0.15) is 4.98 Å². The van der Waals surface area contributed by atoms with Gasteiger partial charge in [-0.05, 0) is 32.9 Å². The van der Waals surface area contributed by atoms with Gasteiger partial charge in [0.1, 0.15) is 11.5 Å². The quantitative estimate of drug-likeness (QED) is 0.458. The fourth-order valence-electron chi connectivity index (χ4n) is 4.12. The first-order chi connectivity index (χ1) is 16.1. The summed E-state index contributed by atoms with van der Waals surface area (Å²) in [7, 11) is 0. The molecule has 168 valence electrons. The van der Waals surface area contributed by atoms with Crippen LogP contribution in [0.4, 0.5) is 5.82 Å². The predicted octanol–water partition coefficient (Wildman–Crippen LogP) is 4.09. The van der Waals surface area contributed by atoms with Crippen molar-refractivity contribution in [1.82, 2.24) is 30.0 Å². The molecular weight excluding hydrogens is 414 g/mol. The van der Waals surface area contributed by atoms with Gasteiger partial charge in [-0.15, -0.1) is 0 Å². The predicted molar refractivity (Wildman–Crippen MR) is 127 cm³/mol. The van der Waals surface area contributed by atoms with E-state index < -0.39 is 0 Å². The summed E-state index contributed by atoms with van der Waals surface area (Å²) < 4.78 is 5.60. The Morgan fingerprint density at radius 2 is 1.61 bits per heavy atom. The van der Waals surface area contributed by atoms with Crippen LogP contribution in [0.2, 0.25) is 0 Å². The van der Waals surface area contributed by atoms with Gasteiger partial charge in [-0.25, -0.2) is 9.97 Å². The molecule has 0 saturated carbocycles. The molecule has 3 aromatic heterocycles. The van der Waals surface area contributed by atoms with E-state index in [-0.39, 0.29) is 6.04 Å². The maximum atomic E-state index is 5.60. The Morgan fingerprint density at radius 1 is 0.848 bits per heavy atom. The molecule has 5 rings (SSSR count). The van der Waals surface area contributed by atoms with Crippen LogP contribution in [0, 0.1) is 13.8 Å². The number of piperazine rings is 1. The Bertz CT molecular complexity index is 1220. The van der Waals surface area contributed by atoms with Gasteiger partial charge in [0.05, 0.1) is 6.04 Å². The minimum atomic E-state index is 0.0504. The second-order valence-electron chi connectivity index (χ2n) is 8.32. The fourth-order valence-corrected chi connectivity index (χ4v) is 4.12. The highest BCUT2D eigenvalue weighted by Crippen LogP contribution is 2.27. The molecule has 1 fully saturated rings. The number of aromatic nitrogens is 5. The van der Waals surface area contributed by atoms with Crippen LogP contribution in [0.25, 0.3) is 22.9 Å². The van der Waals surface area contributed by atoms with E-state index in [0.717, 1.165) is 54.5 Å². The Kier molecular flexibility index (Phi) is 5.83.